The first kappa shape index (κ1) is 20.0. The summed E-state index contributed by atoms with van der Waals surface area (Å²) in [7, 11) is 1.54. The fourth-order valence-corrected chi connectivity index (χ4v) is 2.38. The number of anilines is 1. The zero-order chi connectivity index (χ0) is 18.5. The van der Waals surface area contributed by atoms with Gasteiger partial charge in [-0.15, -0.1) is 11.6 Å². The Morgan fingerprint density at radius 3 is 2.42 bits per heavy atom. The van der Waals surface area contributed by atoms with Crippen molar-refractivity contribution in [1.29, 1.82) is 0 Å². The molecule has 0 bridgehead atoms. The predicted octanol–water partition coefficient (Wildman–Crippen LogP) is 3.21. The number of halogens is 1. The lowest BCUT2D eigenvalue weighted by Gasteiger charge is -2.31. The molecule has 5 nitrogen and oxygen atoms in total. The Morgan fingerprint density at radius 1 is 1.33 bits per heavy atom. The minimum absolute atomic E-state index is 0.0132. The topological polar surface area (TPSA) is 58.6 Å². The maximum absolute atomic E-state index is 12.4. The van der Waals surface area contributed by atoms with E-state index in [9.17, 15) is 9.59 Å². The number of rotatable bonds is 6. The average Bonchev–Trinajstić information content (AvgIpc) is 2.53. The van der Waals surface area contributed by atoms with Gasteiger partial charge in [0, 0.05) is 5.57 Å². The Kier molecular flexibility index (Phi) is 6.84. The van der Waals surface area contributed by atoms with Crippen LogP contribution >= 0.6 is 11.6 Å². The quantitative estimate of drug-likeness (QED) is 0.486. The number of ether oxygens (including phenoxy) is 1. The van der Waals surface area contributed by atoms with Crippen LogP contribution in [0.25, 0.3) is 0 Å². The van der Waals surface area contributed by atoms with E-state index in [0.717, 1.165) is 5.56 Å². The van der Waals surface area contributed by atoms with Crippen molar-refractivity contribution in [2.75, 3.05) is 24.6 Å². The molecule has 0 fully saturated rings. The lowest BCUT2D eigenvalue weighted by atomic mass is 9.85. The number of para-hydroxylation sites is 1. The van der Waals surface area contributed by atoms with Gasteiger partial charge in [0.1, 0.15) is 11.6 Å². The highest BCUT2D eigenvalue weighted by Gasteiger charge is 2.27. The number of nitrogens with one attached hydrogen (secondary N) is 1. The molecular weight excluding hydrogens is 328 g/mol. The van der Waals surface area contributed by atoms with Gasteiger partial charge in [-0.1, -0.05) is 39.5 Å². The summed E-state index contributed by atoms with van der Waals surface area (Å²) in [4.78, 5) is 25.7. The lowest BCUT2D eigenvalue weighted by Crippen LogP contribution is -2.43. The van der Waals surface area contributed by atoms with Gasteiger partial charge in [-0.25, -0.2) is 0 Å². The summed E-state index contributed by atoms with van der Waals surface area (Å²) in [5, 5.41) is 2.68. The third kappa shape index (κ3) is 4.74. The van der Waals surface area contributed by atoms with Gasteiger partial charge in [-0.05, 0) is 24.0 Å². The minimum atomic E-state index is -0.325. The van der Waals surface area contributed by atoms with Crippen molar-refractivity contribution >= 4 is 29.1 Å². The van der Waals surface area contributed by atoms with Crippen LogP contribution in [0.4, 0.5) is 5.69 Å². The maximum atomic E-state index is 12.4. The molecule has 1 N–H and O–H groups in total. The standard InChI is InChI=1S/C18H25ClN2O3/c1-12(2)17(23)20-11-21(15(22)10-19)16-13(18(3,4)5)8-7-9-14(16)24-6/h7-9H,1,10-11H2,2-6H3,(H,20,23). The molecule has 1 aromatic rings. The van der Waals surface area contributed by atoms with Crippen molar-refractivity contribution in [1.82, 2.24) is 5.32 Å². The highest BCUT2D eigenvalue weighted by molar-refractivity contribution is 6.29. The molecule has 0 unspecified atom stereocenters. The Hall–Kier alpha value is -2.01. The van der Waals surface area contributed by atoms with E-state index in [1.807, 2.05) is 32.9 Å². The molecule has 0 atom stereocenters. The van der Waals surface area contributed by atoms with Crippen LogP contribution in [0.15, 0.2) is 30.4 Å². The molecule has 2 amide bonds. The van der Waals surface area contributed by atoms with E-state index < -0.39 is 0 Å². The smallest absolute Gasteiger partial charge is 0.247 e. The number of carbonyl (C=O) groups excluding carboxylic acids is 2. The number of amides is 2. The van der Waals surface area contributed by atoms with Crippen LogP contribution in [0.1, 0.15) is 33.3 Å². The van der Waals surface area contributed by atoms with Gasteiger partial charge in [0.15, 0.2) is 0 Å². The second-order valence-electron chi connectivity index (χ2n) is 6.51. The van der Waals surface area contributed by atoms with E-state index in [2.05, 4.69) is 11.9 Å². The summed E-state index contributed by atoms with van der Waals surface area (Å²) in [6.45, 7) is 11.3. The summed E-state index contributed by atoms with van der Waals surface area (Å²) < 4.78 is 5.44. The van der Waals surface area contributed by atoms with E-state index >= 15 is 0 Å². The molecule has 6 heteroatoms. The third-order valence-corrected chi connectivity index (χ3v) is 3.73. The van der Waals surface area contributed by atoms with Gasteiger partial charge in [0.25, 0.3) is 0 Å². The molecule has 0 heterocycles. The van der Waals surface area contributed by atoms with E-state index in [-0.39, 0.29) is 29.8 Å². The average molecular weight is 353 g/mol. The second kappa shape index (κ2) is 8.20. The largest absolute Gasteiger partial charge is 0.495 e. The van der Waals surface area contributed by atoms with Crippen molar-refractivity contribution in [2.45, 2.75) is 33.1 Å². The lowest BCUT2D eigenvalue weighted by molar-refractivity contribution is -0.118. The predicted molar refractivity (Wildman–Crippen MR) is 97.7 cm³/mol. The van der Waals surface area contributed by atoms with Gasteiger partial charge in [0.2, 0.25) is 11.8 Å². The van der Waals surface area contributed by atoms with Crippen LogP contribution in [-0.4, -0.2) is 31.5 Å². The van der Waals surface area contributed by atoms with Crippen molar-refractivity contribution in [3.63, 3.8) is 0 Å². The van der Waals surface area contributed by atoms with Crippen LogP contribution in [0.3, 0.4) is 0 Å². The van der Waals surface area contributed by atoms with Gasteiger partial charge in [-0.3, -0.25) is 14.5 Å². The fraction of sp³-hybridized carbons (Fsp3) is 0.444. The molecule has 0 aromatic heterocycles. The molecule has 0 aliphatic rings. The van der Waals surface area contributed by atoms with Crippen molar-refractivity contribution in [3.8, 4) is 5.75 Å². The molecular formula is C18H25ClN2O3. The fourth-order valence-electron chi connectivity index (χ4n) is 2.24. The molecule has 0 spiro atoms. The van der Waals surface area contributed by atoms with Crippen LogP contribution in [0.5, 0.6) is 5.75 Å². The Labute approximate surface area is 148 Å². The van der Waals surface area contributed by atoms with Gasteiger partial charge < -0.3 is 10.1 Å². The van der Waals surface area contributed by atoms with E-state index in [1.54, 1.807) is 20.1 Å². The Balaban J connectivity index is 3.39. The second-order valence-corrected chi connectivity index (χ2v) is 6.77. The third-order valence-electron chi connectivity index (χ3n) is 3.50. The number of hydrogen-bond acceptors (Lipinski definition) is 3. The van der Waals surface area contributed by atoms with Crippen LogP contribution in [0.2, 0.25) is 0 Å². The van der Waals surface area contributed by atoms with Crippen molar-refractivity contribution < 1.29 is 14.3 Å². The van der Waals surface area contributed by atoms with Gasteiger partial charge >= 0.3 is 0 Å². The summed E-state index contributed by atoms with van der Waals surface area (Å²) in [6, 6.07) is 5.59. The van der Waals surface area contributed by atoms with Crippen LogP contribution in [0, 0.1) is 0 Å². The van der Waals surface area contributed by atoms with Crippen LogP contribution in [-0.2, 0) is 15.0 Å². The first-order valence-corrected chi connectivity index (χ1v) is 8.14. The highest BCUT2D eigenvalue weighted by atomic mass is 35.5. The van der Waals surface area contributed by atoms with Gasteiger partial charge in [-0.2, -0.15) is 0 Å². The van der Waals surface area contributed by atoms with E-state index in [1.165, 1.54) is 4.90 Å². The molecule has 0 saturated carbocycles. The molecule has 0 saturated heterocycles. The van der Waals surface area contributed by atoms with Crippen molar-refractivity contribution in [2.24, 2.45) is 0 Å². The molecule has 0 aliphatic heterocycles. The number of alkyl halides is 1. The molecule has 0 radical (unpaired) electrons. The number of methoxy groups -OCH3 is 1. The van der Waals surface area contributed by atoms with Gasteiger partial charge in [0.05, 0.1) is 19.5 Å². The number of carbonyl (C=O) groups is 2. The summed E-state index contributed by atoms with van der Waals surface area (Å²) in [5.41, 5.74) is 1.67. The zero-order valence-electron chi connectivity index (χ0n) is 14.9. The number of hydrogen-bond donors (Lipinski definition) is 1. The SMILES string of the molecule is C=C(C)C(=O)NCN(C(=O)CCl)c1c(OC)cccc1C(C)(C)C. The van der Waals surface area contributed by atoms with Crippen molar-refractivity contribution in [3.05, 3.63) is 35.9 Å². The Morgan fingerprint density at radius 2 is 1.96 bits per heavy atom. The maximum Gasteiger partial charge on any atom is 0.247 e. The summed E-state index contributed by atoms with van der Waals surface area (Å²) in [5.74, 6) is -0.307. The summed E-state index contributed by atoms with van der Waals surface area (Å²) in [6.07, 6.45) is 0. The number of benzene rings is 1. The normalized spacial score (nSPS) is 10.9. The first-order valence-electron chi connectivity index (χ1n) is 7.61. The van der Waals surface area contributed by atoms with Crippen LogP contribution < -0.4 is 15.0 Å². The summed E-state index contributed by atoms with van der Waals surface area (Å²) >= 11 is 5.77. The minimum Gasteiger partial charge on any atom is -0.495 e. The molecule has 1 rings (SSSR count). The zero-order valence-corrected chi connectivity index (χ0v) is 15.7. The first-order chi connectivity index (χ1) is 11.1. The van der Waals surface area contributed by atoms with E-state index in [0.29, 0.717) is 17.0 Å². The molecule has 1 aromatic carbocycles. The van der Waals surface area contributed by atoms with E-state index in [4.69, 9.17) is 16.3 Å². The Bertz CT molecular complexity index is 636. The highest BCUT2D eigenvalue weighted by Crippen LogP contribution is 2.39. The molecule has 24 heavy (non-hydrogen) atoms. The monoisotopic (exact) mass is 352 g/mol. The number of nitrogens with zero attached hydrogens (tertiary/aromatic N) is 1. The molecule has 0 aliphatic carbocycles. The molecule has 132 valence electrons.